The summed E-state index contributed by atoms with van der Waals surface area (Å²) in [4.78, 5) is 0. The van der Waals surface area contributed by atoms with Gasteiger partial charge in [0.05, 0.1) is 4.43 Å². The van der Waals surface area contributed by atoms with Crippen LogP contribution in [0, 0.1) is 0 Å². The number of aliphatic hydroxyl groups excluding tert-OH is 1. The van der Waals surface area contributed by atoms with Gasteiger partial charge in [0, 0.05) is 0 Å². The van der Waals surface area contributed by atoms with Crippen LogP contribution in [0.5, 0.6) is 0 Å². The average Bonchev–Trinajstić information content (AvgIpc) is 2.14. The van der Waals surface area contributed by atoms with Gasteiger partial charge >= 0.3 is 24.1 Å². The van der Waals surface area contributed by atoms with Crippen molar-refractivity contribution in [2.45, 2.75) is 24.1 Å². The summed E-state index contributed by atoms with van der Waals surface area (Å²) in [5.41, 5.74) is 0. The molecule has 0 amide bonds. The van der Waals surface area contributed by atoms with Gasteiger partial charge in [0.15, 0.2) is 0 Å². The molecule has 0 spiro atoms. The van der Waals surface area contributed by atoms with Crippen molar-refractivity contribution >= 4 is 22.6 Å². The van der Waals surface area contributed by atoms with Crippen LogP contribution in [0.15, 0.2) is 0 Å². The zero-order chi connectivity index (χ0) is 14.1. The standard InChI is InChI=1S/C6H5F8IO2/c7-3(8,1-15)6(13,14)17-4(9,2-16)5(10,11)12/h16H,1-2H2. The Labute approximate surface area is 103 Å². The van der Waals surface area contributed by atoms with Crippen LogP contribution in [0.3, 0.4) is 0 Å². The van der Waals surface area contributed by atoms with Crippen LogP contribution < -0.4 is 0 Å². The van der Waals surface area contributed by atoms with E-state index in [0.717, 1.165) is 22.6 Å². The van der Waals surface area contributed by atoms with Gasteiger partial charge in [-0.15, -0.1) is 0 Å². The zero-order valence-electron chi connectivity index (χ0n) is 7.67. The minimum absolute atomic E-state index is 0.764. The van der Waals surface area contributed by atoms with Crippen molar-refractivity contribution in [3.63, 3.8) is 0 Å². The molecular formula is C6H5F8IO2. The monoisotopic (exact) mass is 388 g/mol. The van der Waals surface area contributed by atoms with Gasteiger partial charge in [0.25, 0.3) is 0 Å². The molecule has 0 rings (SSSR count). The van der Waals surface area contributed by atoms with Gasteiger partial charge < -0.3 is 5.11 Å². The van der Waals surface area contributed by atoms with Crippen LogP contribution in [0.2, 0.25) is 0 Å². The third kappa shape index (κ3) is 3.53. The molecule has 1 unspecified atom stereocenters. The van der Waals surface area contributed by atoms with E-state index in [4.69, 9.17) is 5.11 Å². The van der Waals surface area contributed by atoms with E-state index in [0.29, 0.717) is 0 Å². The molecule has 2 nitrogen and oxygen atoms in total. The Hall–Kier alpha value is 0.0900. The largest absolute Gasteiger partial charge is 0.451 e. The third-order valence-electron chi connectivity index (χ3n) is 1.51. The Balaban J connectivity index is 5.17. The summed E-state index contributed by atoms with van der Waals surface area (Å²) in [6.45, 7) is -2.57. The Morgan fingerprint density at radius 1 is 0.941 bits per heavy atom. The molecule has 0 aromatic rings. The average molecular weight is 388 g/mol. The van der Waals surface area contributed by atoms with E-state index in [9.17, 15) is 35.1 Å². The van der Waals surface area contributed by atoms with Crippen molar-refractivity contribution in [2.75, 3.05) is 11.0 Å². The maximum Gasteiger partial charge on any atom is 0.451 e. The van der Waals surface area contributed by atoms with E-state index < -0.39 is 35.1 Å². The molecule has 0 aliphatic carbocycles. The van der Waals surface area contributed by atoms with Crippen LogP contribution in [0.1, 0.15) is 0 Å². The van der Waals surface area contributed by atoms with Gasteiger partial charge in [0.1, 0.15) is 6.61 Å². The van der Waals surface area contributed by atoms with Crippen molar-refractivity contribution in [1.82, 2.24) is 0 Å². The Morgan fingerprint density at radius 3 is 1.59 bits per heavy atom. The lowest BCUT2D eigenvalue weighted by Crippen LogP contribution is -2.56. The lowest BCUT2D eigenvalue weighted by Gasteiger charge is -2.32. The number of hydrogen-bond acceptors (Lipinski definition) is 2. The zero-order valence-corrected chi connectivity index (χ0v) is 9.83. The second-order valence-electron chi connectivity index (χ2n) is 2.84. The molecule has 0 aromatic heterocycles. The van der Waals surface area contributed by atoms with Crippen molar-refractivity contribution in [3.8, 4) is 0 Å². The van der Waals surface area contributed by atoms with Crippen molar-refractivity contribution in [1.29, 1.82) is 0 Å². The van der Waals surface area contributed by atoms with Gasteiger partial charge in [-0.25, -0.2) is 0 Å². The topological polar surface area (TPSA) is 29.5 Å². The predicted octanol–water partition coefficient (Wildman–Crippen LogP) is 2.89. The minimum Gasteiger partial charge on any atom is -0.390 e. The summed E-state index contributed by atoms with van der Waals surface area (Å²) in [5.74, 6) is -10.3. The fraction of sp³-hybridized carbons (Fsp3) is 1.00. The Morgan fingerprint density at radius 2 is 1.35 bits per heavy atom. The molecule has 104 valence electrons. The first-order valence-electron chi connectivity index (χ1n) is 3.71. The van der Waals surface area contributed by atoms with Crippen LogP contribution in [-0.2, 0) is 4.74 Å². The van der Waals surface area contributed by atoms with Gasteiger partial charge in [0.2, 0.25) is 0 Å². The lowest BCUT2D eigenvalue weighted by molar-refractivity contribution is -0.451. The number of ether oxygens (including phenoxy) is 1. The summed E-state index contributed by atoms with van der Waals surface area (Å²) < 4.78 is 99.5. The molecule has 1 atom stereocenters. The quantitative estimate of drug-likeness (QED) is 0.446. The number of alkyl halides is 9. The highest BCUT2D eigenvalue weighted by Crippen LogP contribution is 2.44. The molecule has 0 fully saturated rings. The number of rotatable bonds is 5. The Bertz CT molecular complexity index is 267. The first kappa shape index (κ1) is 17.1. The molecule has 0 aliphatic rings. The van der Waals surface area contributed by atoms with Gasteiger partial charge in [-0.1, -0.05) is 22.6 Å². The highest BCUT2D eigenvalue weighted by Gasteiger charge is 2.68. The van der Waals surface area contributed by atoms with Crippen molar-refractivity contribution in [3.05, 3.63) is 0 Å². The molecular weight excluding hydrogens is 383 g/mol. The van der Waals surface area contributed by atoms with E-state index in [1.165, 1.54) is 0 Å². The summed E-state index contributed by atoms with van der Waals surface area (Å²) in [6.07, 6.45) is -11.8. The van der Waals surface area contributed by atoms with Gasteiger partial charge in [-0.2, -0.15) is 35.1 Å². The molecule has 17 heavy (non-hydrogen) atoms. The van der Waals surface area contributed by atoms with Crippen LogP contribution in [0.4, 0.5) is 35.1 Å². The van der Waals surface area contributed by atoms with Crippen molar-refractivity contribution < 1.29 is 45.0 Å². The van der Waals surface area contributed by atoms with E-state index in [-0.39, 0.29) is 0 Å². The molecule has 0 heterocycles. The molecule has 11 heteroatoms. The molecule has 0 aliphatic heterocycles. The maximum atomic E-state index is 12.8. The fourth-order valence-electron chi connectivity index (χ4n) is 0.535. The minimum atomic E-state index is -6.08. The van der Waals surface area contributed by atoms with E-state index in [1.807, 2.05) is 0 Å². The molecule has 0 saturated carbocycles. The first-order chi connectivity index (χ1) is 7.33. The van der Waals surface area contributed by atoms with Crippen molar-refractivity contribution in [2.24, 2.45) is 0 Å². The SMILES string of the molecule is OCC(F)(OC(F)(F)C(F)(F)CI)C(F)(F)F. The van der Waals surface area contributed by atoms with E-state index in [1.54, 1.807) is 0 Å². The van der Waals surface area contributed by atoms with E-state index >= 15 is 0 Å². The molecule has 0 radical (unpaired) electrons. The highest BCUT2D eigenvalue weighted by atomic mass is 127. The first-order valence-corrected chi connectivity index (χ1v) is 5.24. The second-order valence-corrected chi connectivity index (χ2v) is 3.60. The summed E-state index contributed by atoms with van der Waals surface area (Å²) >= 11 is 0.764. The summed E-state index contributed by atoms with van der Waals surface area (Å²) in [7, 11) is 0. The number of aliphatic hydroxyl groups is 1. The predicted molar refractivity (Wildman–Crippen MR) is 46.8 cm³/mol. The van der Waals surface area contributed by atoms with Crippen LogP contribution in [0.25, 0.3) is 0 Å². The molecule has 0 bridgehead atoms. The number of halogens is 9. The molecule has 0 saturated heterocycles. The van der Waals surface area contributed by atoms with Crippen LogP contribution >= 0.6 is 22.6 Å². The Kier molecular flexibility index (Phi) is 5.02. The third-order valence-corrected chi connectivity index (χ3v) is 2.47. The second kappa shape index (κ2) is 4.99. The maximum absolute atomic E-state index is 12.8. The van der Waals surface area contributed by atoms with Gasteiger partial charge in [-0.3, -0.25) is 4.74 Å². The fourth-order valence-corrected chi connectivity index (χ4v) is 0.979. The van der Waals surface area contributed by atoms with Crippen LogP contribution in [-0.4, -0.2) is 40.2 Å². The highest BCUT2D eigenvalue weighted by molar-refractivity contribution is 14.1. The summed E-state index contributed by atoms with van der Waals surface area (Å²) in [5, 5.41) is 8.02. The number of hydrogen-bond donors (Lipinski definition) is 1. The smallest absolute Gasteiger partial charge is 0.390 e. The normalized spacial score (nSPS) is 18.0. The molecule has 0 aromatic carbocycles. The lowest BCUT2D eigenvalue weighted by atomic mass is 10.3. The van der Waals surface area contributed by atoms with E-state index in [2.05, 4.69) is 4.74 Å². The molecule has 1 N–H and O–H groups in total. The summed E-state index contributed by atoms with van der Waals surface area (Å²) in [6, 6.07) is 0. The van der Waals surface area contributed by atoms with Gasteiger partial charge in [-0.05, 0) is 0 Å².